The van der Waals surface area contributed by atoms with E-state index in [-0.39, 0.29) is 36.0 Å². The summed E-state index contributed by atoms with van der Waals surface area (Å²) in [6.45, 7) is 2.92. The number of carbonyl (C=O) groups is 3. The predicted molar refractivity (Wildman–Crippen MR) is 83.4 cm³/mol. The third kappa shape index (κ3) is 3.51. The normalized spacial score (nSPS) is 27.6. The third-order valence-corrected chi connectivity index (χ3v) is 5.48. The number of amides is 2. The molecule has 6 heteroatoms. The minimum atomic E-state index is -0.367. The predicted octanol–water partition coefficient (Wildman–Crippen LogP) is 1.19. The number of hydrogen-bond donors (Lipinski definition) is 0. The van der Waals surface area contributed by atoms with Crippen molar-refractivity contribution in [3.8, 4) is 0 Å². The van der Waals surface area contributed by atoms with Crippen LogP contribution in [-0.2, 0) is 19.1 Å². The van der Waals surface area contributed by atoms with Gasteiger partial charge < -0.3 is 14.5 Å². The summed E-state index contributed by atoms with van der Waals surface area (Å²) in [6, 6.07) is 0. The molecule has 0 aromatic carbocycles. The minimum Gasteiger partial charge on any atom is -0.469 e. The molecule has 1 unspecified atom stereocenters. The maximum absolute atomic E-state index is 12.9. The van der Waals surface area contributed by atoms with Gasteiger partial charge in [0.1, 0.15) is 0 Å². The highest BCUT2D eigenvalue weighted by Gasteiger charge is 2.49. The molecule has 3 aliphatic rings. The van der Waals surface area contributed by atoms with Crippen LogP contribution in [0.1, 0.15) is 44.9 Å². The van der Waals surface area contributed by atoms with Gasteiger partial charge in [-0.15, -0.1) is 0 Å². The highest BCUT2D eigenvalue weighted by atomic mass is 16.5. The quantitative estimate of drug-likeness (QED) is 0.713. The first-order valence-corrected chi connectivity index (χ1v) is 8.68. The van der Waals surface area contributed by atoms with E-state index in [9.17, 15) is 14.4 Å². The van der Waals surface area contributed by atoms with Crippen molar-refractivity contribution in [3.63, 3.8) is 0 Å². The van der Waals surface area contributed by atoms with Gasteiger partial charge in [0, 0.05) is 32.6 Å². The van der Waals surface area contributed by atoms with Crippen LogP contribution in [-0.4, -0.2) is 60.9 Å². The van der Waals surface area contributed by atoms with E-state index in [1.807, 2.05) is 4.90 Å². The summed E-state index contributed by atoms with van der Waals surface area (Å²) in [4.78, 5) is 40.1. The van der Waals surface area contributed by atoms with Gasteiger partial charge in [0.25, 0.3) is 0 Å². The standard InChI is InChI=1S/C17H26N2O4/c1-23-15(21)6-5-14(20)19-10-8-17(12-19)7-2-9-18(16(17)22)11-13-3-4-13/h13H,2-12H2,1H3. The van der Waals surface area contributed by atoms with Crippen LogP contribution in [0.25, 0.3) is 0 Å². The van der Waals surface area contributed by atoms with Gasteiger partial charge in [-0.05, 0) is 38.0 Å². The third-order valence-electron chi connectivity index (χ3n) is 5.48. The molecule has 3 rings (SSSR count). The van der Waals surface area contributed by atoms with Crippen molar-refractivity contribution in [3.05, 3.63) is 0 Å². The highest BCUT2D eigenvalue weighted by Crippen LogP contribution is 2.41. The average Bonchev–Trinajstić information content (AvgIpc) is 3.27. The first-order chi connectivity index (χ1) is 11.0. The van der Waals surface area contributed by atoms with Crippen LogP contribution in [0.2, 0.25) is 0 Å². The van der Waals surface area contributed by atoms with Gasteiger partial charge in [-0.3, -0.25) is 14.4 Å². The fraction of sp³-hybridized carbons (Fsp3) is 0.824. The lowest BCUT2D eigenvalue weighted by Gasteiger charge is -2.39. The zero-order valence-corrected chi connectivity index (χ0v) is 13.9. The summed E-state index contributed by atoms with van der Waals surface area (Å²) in [7, 11) is 1.33. The van der Waals surface area contributed by atoms with Crippen molar-refractivity contribution < 1.29 is 19.1 Å². The van der Waals surface area contributed by atoms with E-state index in [1.165, 1.54) is 20.0 Å². The second kappa shape index (κ2) is 6.49. The molecule has 2 aliphatic heterocycles. The zero-order valence-electron chi connectivity index (χ0n) is 13.9. The average molecular weight is 322 g/mol. The highest BCUT2D eigenvalue weighted by molar-refractivity contribution is 5.87. The SMILES string of the molecule is COC(=O)CCC(=O)N1CCC2(CCCN(CC3CC3)C2=O)C1. The van der Waals surface area contributed by atoms with Gasteiger partial charge >= 0.3 is 5.97 Å². The molecule has 0 N–H and O–H groups in total. The molecule has 0 radical (unpaired) electrons. The molecular weight excluding hydrogens is 296 g/mol. The molecule has 1 atom stereocenters. The van der Waals surface area contributed by atoms with Crippen LogP contribution in [0.15, 0.2) is 0 Å². The van der Waals surface area contributed by atoms with Crippen LogP contribution >= 0.6 is 0 Å². The molecule has 1 spiro atoms. The number of piperidine rings is 1. The van der Waals surface area contributed by atoms with E-state index in [0.717, 1.165) is 32.4 Å². The molecule has 1 saturated carbocycles. The fourth-order valence-electron chi connectivity index (χ4n) is 3.87. The summed E-state index contributed by atoms with van der Waals surface area (Å²) in [5.74, 6) is 0.545. The van der Waals surface area contributed by atoms with E-state index >= 15 is 0 Å². The minimum absolute atomic E-state index is 0.0422. The zero-order chi connectivity index (χ0) is 16.4. The Kier molecular flexibility index (Phi) is 4.60. The van der Waals surface area contributed by atoms with Gasteiger partial charge in [0.05, 0.1) is 18.9 Å². The monoisotopic (exact) mass is 322 g/mol. The van der Waals surface area contributed by atoms with Crippen molar-refractivity contribution in [2.24, 2.45) is 11.3 Å². The molecule has 2 amide bonds. The Balaban J connectivity index is 1.57. The second-order valence-corrected chi connectivity index (χ2v) is 7.22. The van der Waals surface area contributed by atoms with E-state index in [4.69, 9.17) is 0 Å². The Morgan fingerprint density at radius 2 is 2.00 bits per heavy atom. The topological polar surface area (TPSA) is 66.9 Å². The Bertz CT molecular complexity index is 503. The molecule has 6 nitrogen and oxygen atoms in total. The maximum Gasteiger partial charge on any atom is 0.306 e. The van der Waals surface area contributed by atoms with Crippen molar-refractivity contribution >= 4 is 17.8 Å². The van der Waals surface area contributed by atoms with Gasteiger partial charge in [0.15, 0.2) is 0 Å². The van der Waals surface area contributed by atoms with E-state index in [1.54, 1.807) is 4.90 Å². The number of rotatable bonds is 5. The molecule has 0 bridgehead atoms. The maximum atomic E-state index is 12.9. The molecular formula is C17H26N2O4. The van der Waals surface area contributed by atoms with Crippen molar-refractivity contribution in [1.29, 1.82) is 0 Å². The number of carbonyl (C=O) groups excluding carboxylic acids is 3. The van der Waals surface area contributed by atoms with Gasteiger partial charge in [-0.1, -0.05) is 0 Å². The number of ether oxygens (including phenoxy) is 1. The largest absolute Gasteiger partial charge is 0.469 e. The van der Waals surface area contributed by atoms with Crippen molar-refractivity contribution in [2.75, 3.05) is 33.3 Å². The van der Waals surface area contributed by atoms with Crippen LogP contribution in [0.5, 0.6) is 0 Å². The Hall–Kier alpha value is -1.59. The summed E-state index contributed by atoms with van der Waals surface area (Å²) in [6.07, 6.45) is 5.44. The number of hydrogen-bond acceptors (Lipinski definition) is 4. The summed E-state index contributed by atoms with van der Waals surface area (Å²) in [5.41, 5.74) is -0.367. The van der Waals surface area contributed by atoms with Crippen LogP contribution in [0, 0.1) is 11.3 Å². The van der Waals surface area contributed by atoms with Crippen LogP contribution < -0.4 is 0 Å². The van der Waals surface area contributed by atoms with E-state index < -0.39 is 0 Å². The van der Waals surface area contributed by atoms with Crippen LogP contribution in [0.4, 0.5) is 0 Å². The lowest BCUT2D eigenvalue weighted by Crippen LogP contribution is -2.50. The first kappa shape index (κ1) is 16.3. The van der Waals surface area contributed by atoms with E-state index in [0.29, 0.717) is 19.0 Å². The number of likely N-dealkylation sites (tertiary alicyclic amines) is 2. The Morgan fingerprint density at radius 3 is 2.70 bits per heavy atom. The molecule has 2 saturated heterocycles. The van der Waals surface area contributed by atoms with Gasteiger partial charge in [0.2, 0.25) is 11.8 Å². The van der Waals surface area contributed by atoms with Crippen molar-refractivity contribution in [1.82, 2.24) is 9.80 Å². The van der Waals surface area contributed by atoms with Crippen molar-refractivity contribution in [2.45, 2.75) is 44.9 Å². The molecule has 0 aromatic rings. The first-order valence-electron chi connectivity index (χ1n) is 8.68. The van der Waals surface area contributed by atoms with Crippen LogP contribution in [0.3, 0.4) is 0 Å². The smallest absolute Gasteiger partial charge is 0.306 e. The Labute approximate surface area is 137 Å². The van der Waals surface area contributed by atoms with Gasteiger partial charge in [-0.2, -0.15) is 0 Å². The molecule has 0 aromatic heterocycles. The molecule has 2 heterocycles. The fourth-order valence-corrected chi connectivity index (χ4v) is 3.87. The summed E-state index contributed by atoms with van der Waals surface area (Å²) < 4.78 is 4.58. The number of esters is 1. The Morgan fingerprint density at radius 1 is 1.22 bits per heavy atom. The summed E-state index contributed by atoms with van der Waals surface area (Å²) in [5, 5.41) is 0. The lowest BCUT2D eigenvalue weighted by molar-refractivity contribution is -0.147. The lowest BCUT2D eigenvalue weighted by atomic mass is 9.78. The van der Waals surface area contributed by atoms with E-state index in [2.05, 4.69) is 4.74 Å². The molecule has 128 valence electrons. The molecule has 23 heavy (non-hydrogen) atoms. The number of nitrogens with zero attached hydrogens (tertiary/aromatic N) is 2. The summed E-state index contributed by atoms with van der Waals surface area (Å²) >= 11 is 0. The molecule has 1 aliphatic carbocycles. The van der Waals surface area contributed by atoms with Gasteiger partial charge in [-0.25, -0.2) is 0 Å². The second-order valence-electron chi connectivity index (χ2n) is 7.22. The molecule has 3 fully saturated rings. The number of methoxy groups -OCH3 is 1.